The van der Waals surface area contributed by atoms with Gasteiger partial charge in [0.25, 0.3) is 0 Å². The van der Waals surface area contributed by atoms with E-state index in [0.29, 0.717) is 17.3 Å². The van der Waals surface area contributed by atoms with E-state index in [2.05, 4.69) is 15.2 Å². The molecule has 0 aliphatic heterocycles. The van der Waals surface area contributed by atoms with Crippen molar-refractivity contribution in [1.82, 2.24) is 15.2 Å². The van der Waals surface area contributed by atoms with Crippen LogP contribution in [0, 0.1) is 11.3 Å². The number of halogens is 1. The largest absolute Gasteiger partial charge is 0.263 e. The standard InChI is InChI=1S/C11H9ClN4/c12-9-3-1-8(2-4-9)7-11-14-10(5-6-13)15-16-11/h1-4H,5,7H2,(H,14,15,16). The van der Waals surface area contributed by atoms with Crippen molar-refractivity contribution in [1.29, 1.82) is 5.26 Å². The van der Waals surface area contributed by atoms with Gasteiger partial charge in [-0.15, -0.1) is 0 Å². The summed E-state index contributed by atoms with van der Waals surface area (Å²) in [6.07, 6.45) is 0.896. The lowest BCUT2D eigenvalue weighted by Gasteiger charge is -1.97. The topological polar surface area (TPSA) is 65.4 Å². The minimum absolute atomic E-state index is 0.233. The van der Waals surface area contributed by atoms with Gasteiger partial charge in [0.1, 0.15) is 5.82 Å². The van der Waals surface area contributed by atoms with E-state index < -0.39 is 0 Å². The van der Waals surface area contributed by atoms with Crippen molar-refractivity contribution in [3.8, 4) is 6.07 Å². The molecule has 0 fully saturated rings. The molecule has 0 aliphatic rings. The van der Waals surface area contributed by atoms with Crippen LogP contribution in [-0.4, -0.2) is 15.2 Å². The van der Waals surface area contributed by atoms with Gasteiger partial charge in [-0.3, -0.25) is 5.10 Å². The molecule has 80 valence electrons. The highest BCUT2D eigenvalue weighted by atomic mass is 35.5. The van der Waals surface area contributed by atoms with Gasteiger partial charge in [-0.2, -0.15) is 10.4 Å². The molecule has 1 aromatic heterocycles. The predicted molar refractivity (Wildman–Crippen MR) is 60.0 cm³/mol. The lowest BCUT2D eigenvalue weighted by Crippen LogP contribution is -1.91. The second kappa shape index (κ2) is 4.77. The molecule has 0 amide bonds. The number of nitrogens with zero attached hydrogens (tertiary/aromatic N) is 3. The van der Waals surface area contributed by atoms with E-state index >= 15 is 0 Å². The second-order valence-electron chi connectivity index (χ2n) is 3.34. The molecule has 1 N–H and O–H groups in total. The Morgan fingerprint density at radius 2 is 2.06 bits per heavy atom. The highest BCUT2D eigenvalue weighted by Gasteiger charge is 2.03. The molecule has 0 radical (unpaired) electrons. The van der Waals surface area contributed by atoms with Crippen molar-refractivity contribution in [3.63, 3.8) is 0 Å². The van der Waals surface area contributed by atoms with E-state index in [1.165, 1.54) is 0 Å². The van der Waals surface area contributed by atoms with Crippen molar-refractivity contribution >= 4 is 11.6 Å². The zero-order valence-corrected chi connectivity index (χ0v) is 9.20. The van der Waals surface area contributed by atoms with Gasteiger partial charge in [0.2, 0.25) is 0 Å². The van der Waals surface area contributed by atoms with Crippen LogP contribution in [0.3, 0.4) is 0 Å². The van der Waals surface area contributed by atoms with Crippen molar-refractivity contribution in [2.75, 3.05) is 0 Å². The average molecular weight is 233 g/mol. The first-order valence-corrected chi connectivity index (χ1v) is 5.17. The number of H-pyrrole nitrogens is 1. The monoisotopic (exact) mass is 232 g/mol. The summed E-state index contributed by atoms with van der Waals surface area (Å²) in [5, 5.41) is 15.9. The van der Waals surface area contributed by atoms with Gasteiger partial charge >= 0.3 is 0 Å². The molecule has 2 aromatic rings. The summed E-state index contributed by atoms with van der Waals surface area (Å²) in [4.78, 5) is 4.20. The second-order valence-corrected chi connectivity index (χ2v) is 3.77. The molecule has 0 bridgehead atoms. The van der Waals surface area contributed by atoms with Crippen LogP contribution in [0.2, 0.25) is 5.02 Å². The smallest absolute Gasteiger partial charge is 0.164 e. The molecule has 1 heterocycles. The first-order valence-electron chi connectivity index (χ1n) is 4.79. The average Bonchev–Trinajstić information content (AvgIpc) is 2.70. The Bertz CT molecular complexity index is 510. The number of hydrogen-bond donors (Lipinski definition) is 1. The third kappa shape index (κ3) is 2.59. The summed E-state index contributed by atoms with van der Waals surface area (Å²) < 4.78 is 0. The Morgan fingerprint density at radius 1 is 1.31 bits per heavy atom. The summed E-state index contributed by atoms with van der Waals surface area (Å²) in [6.45, 7) is 0. The number of nitriles is 1. The Hall–Kier alpha value is -1.86. The predicted octanol–water partition coefficient (Wildman–Crippen LogP) is 2.11. The van der Waals surface area contributed by atoms with E-state index in [1.54, 1.807) is 0 Å². The maximum atomic E-state index is 8.49. The molecule has 0 saturated heterocycles. The van der Waals surface area contributed by atoms with Gasteiger partial charge in [0, 0.05) is 11.4 Å². The summed E-state index contributed by atoms with van der Waals surface area (Å²) in [6, 6.07) is 9.56. The van der Waals surface area contributed by atoms with Crippen LogP contribution in [-0.2, 0) is 12.8 Å². The van der Waals surface area contributed by atoms with Gasteiger partial charge in [0.15, 0.2) is 5.82 Å². The SMILES string of the molecule is N#CCc1n[nH]c(Cc2ccc(Cl)cc2)n1. The fourth-order valence-corrected chi connectivity index (χ4v) is 1.49. The Kier molecular flexibility index (Phi) is 3.18. The molecule has 0 unspecified atom stereocenters. The molecule has 1 aromatic carbocycles. The van der Waals surface area contributed by atoms with Crippen LogP contribution in [0.25, 0.3) is 0 Å². The molecule has 5 heteroatoms. The van der Waals surface area contributed by atoms with Crippen LogP contribution in [0.4, 0.5) is 0 Å². The minimum Gasteiger partial charge on any atom is -0.263 e. The van der Waals surface area contributed by atoms with Crippen LogP contribution in [0.5, 0.6) is 0 Å². The van der Waals surface area contributed by atoms with E-state index in [9.17, 15) is 0 Å². The first-order chi connectivity index (χ1) is 7.78. The van der Waals surface area contributed by atoms with E-state index in [0.717, 1.165) is 11.4 Å². The van der Waals surface area contributed by atoms with Crippen molar-refractivity contribution in [3.05, 3.63) is 46.5 Å². The third-order valence-corrected chi connectivity index (χ3v) is 2.35. The maximum Gasteiger partial charge on any atom is 0.164 e. The minimum atomic E-state index is 0.233. The van der Waals surface area contributed by atoms with Crippen molar-refractivity contribution in [2.24, 2.45) is 0 Å². The lowest BCUT2D eigenvalue weighted by atomic mass is 10.1. The Labute approximate surface area is 97.9 Å². The quantitative estimate of drug-likeness (QED) is 0.882. The normalized spacial score (nSPS) is 10.0. The Morgan fingerprint density at radius 3 is 2.75 bits per heavy atom. The number of aromatic amines is 1. The van der Waals surface area contributed by atoms with Gasteiger partial charge in [-0.25, -0.2) is 4.98 Å². The summed E-state index contributed by atoms with van der Waals surface area (Å²) >= 11 is 5.79. The number of hydrogen-bond acceptors (Lipinski definition) is 3. The van der Waals surface area contributed by atoms with Gasteiger partial charge in [0.05, 0.1) is 12.5 Å². The van der Waals surface area contributed by atoms with E-state index in [4.69, 9.17) is 16.9 Å². The number of rotatable bonds is 3. The third-order valence-electron chi connectivity index (χ3n) is 2.10. The summed E-state index contributed by atoms with van der Waals surface area (Å²) in [7, 11) is 0. The highest BCUT2D eigenvalue weighted by Crippen LogP contribution is 2.11. The van der Waals surface area contributed by atoms with Crippen LogP contribution >= 0.6 is 11.6 Å². The summed E-state index contributed by atoms with van der Waals surface area (Å²) in [5.41, 5.74) is 1.10. The Balaban J connectivity index is 2.09. The van der Waals surface area contributed by atoms with Crippen LogP contribution in [0.1, 0.15) is 17.2 Å². The molecule has 0 spiro atoms. The zero-order valence-electron chi connectivity index (χ0n) is 8.44. The molecular weight excluding hydrogens is 224 g/mol. The van der Waals surface area contributed by atoms with Gasteiger partial charge < -0.3 is 0 Å². The van der Waals surface area contributed by atoms with E-state index in [-0.39, 0.29) is 6.42 Å². The van der Waals surface area contributed by atoms with Crippen LogP contribution < -0.4 is 0 Å². The fraction of sp³-hybridized carbons (Fsp3) is 0.182. The molecule has 16 heavy (non-hydrogen) atoms. The molecular formula is C11H9ClN4. The summed E-state index contributed by atoms with van der Waals surface area (Å²) in [5.74, 6) is 1.29. The molecule has 0 aliphatic carbocycles. The number of nitrogens with one attached hydrogen (secondary N) is 1. The first kappa shape index (κ1) is 10.7. The molecule has 0 atom stereocenters. The van der Waals surface area contributed by atoms with Gasteiger partial charge in [-0.1, -0.05) is 23.7 Å². The van der Waals surface area contributed by atoms with Crippen molar-refractivity contribution in [2.45, 2.75) is 12.8 Å². The molecule has 2 rings (SSSR count). The van der Waals surface area contributed by atoms with Crippen LogP contribution in [0.15, 0.2) is 24.3 Å². The fourth-order valence-electron chi connectivity index (χ4n) is 1.36. The number of aromatic nitrogens is 3. The van der Waals surface area contributed by atoms with Crippen molar-refractivity contribution < 1.29 is 0 Å². The lowest BCUT2D eigenvalue weighted by molar-refractivity contribution is 0.964. The zero-order chi connectivity index (χ0) is 11.4. The molecule has 4 nitrogen and oxygen atoms in total. The molecule has 0 saturated carbocycles. The highest BCUT2D eigenvalue weighted by molar-refractivity contribution is 6.30. The van der Waals surface area contributed by atoms with E-state index in [1.807, 2.05) is 30.3 Å². The number of benzene rings is 1. The maximum absolute atomic E-state index is 8.49. The van der Waals surface area contributed by atoms with Gasteiger partial charge in [-0.05, 0) is 17.7 Å².